The topological polar surface area (TPSA) is 70.6 Å². The smallest absolute Gasteiger partial charge is 0.273 e. The van der Waals surface area contributed by atoms with Crippen molar-refractivity contribution in [3.63, 3.8) is 0 Å². The Bertz CT molecular complexity index is 710. The lowest BCUT2D eigenvalue weighted by Crippen LogP contribution is -2.44. The molecular weight excluding hydrogens is 326 g/mol. The first-order valence-electron chi connectivity index (χ1n) is 8.56. The SMILES string of the molecule is C[C@@H](CS(C)(=O)=O)N(C(=O)c1cc(N2CCCC2)ccn1)C1CC1. The standard InChI is InChI=1S/C17H25N3O3S/c1-13(12-24(2,22)23)20(14-5-6-14)17(21)16-11-15(7-8-18-16)19-9-3-4-10-19/h7-8,11,13-14H,3-6,9-10,12H2,1-2H3/t13-/m0/s1. The Morgan fingerprint density at radius 1 is 1.38 bits per heavy atom. The molecular formula is C17H25N3O3S. The second-order valence-electron chi connectivity index (χ2n) is 6.98. The molecule has 6 nitrogen and oxygen atoms in total. The van der Waals surface area contributed by atoms with E-state index < -0.39 is 9.84 Å². The maximum Gasteiger partial charge on any atom is 0.273 e. The molecule has 0 aromatic carbocycles. The van der Waals surface area contributed by atoms with Gasteiger partial charge in [-0.05, 0) is 44.7 Å². The van der Waals surface area contributed by atoms with Gasteiger partial charge in [0, 0.05) is 43.3 Å². The summed E-state index contributed by atoms with van der Waals surface area (Å²) in [5, 5.41) is 0. The molecule has 0 bridgehead atoms. The first-order valence-corrected chi connectivity index (χ1v) is 10.6. The van der Waals surface area contributed by atoms with Crippen molar-refractivity contribution in [2.75, 3.05) is 30.0 Å². The summed E-state index contributed by atoms with van der Waals surface area (Å²) < 4.78 is 23.2. The first kappa shape index (κ1) is 17.2. The largest absolute Gasteiger partial charge is 0.371 e. The Morgan fingerprint density at radius 2 is 2.04 bits per heavy atom. The van der Waals surface area contributed by atoms with Gasteiger partial charge < -0.3 is 9.80 Å². The molecule has 1 aromatic rings. The highest BCUT2D eigenvalue weighted by molar-refractivity contribution is 7.90. The van der Waals surface area contributed by atoms with Crippen molar-refractivity contribution in [2.45, 2.75) is 44.7 Å². The molecule has 1 aliphatic heterocycles. The second-order valence-corrected chi connectivity index (χ2v) is 9.16. The van der Waals surface area contributed by atoms with Crippen LogP contribution in [0.15, 0.2) is 18.3 Å². The van der Waals surface area contributed by atoms with Crippen LogP contribution in [0, 0.1) is 0 Å². The third-order valence-corrected chi connectivity index (χ3v) is 5.72. The number of hydrogen-bond donors (Lipinski definition) is 0. The van der Waals surface area contributed by atoms with Gasteiger partial charge in [-0.3, -0.25) is 9.78 Å². The molecule has 1 atom stereocenters. The van der Waals surface area contributed by atoms with Crippen LogP contribution in [-0.2, 0) is 9.84 Å². The number of aromatic nitrogens is 1. The normalized spacial score (nSPS) is 19.3. The molecule has 0 spiro atoms. The second kappa shape index (κ2) is 6.70. The van der Waals surface area contributed by atoms with Crippen LogP contribution >= 0.6 is 0 Å². The van der Waals surface area contributed by atoms with Gasteiger partial charge in [-0.25, -0.2) is 8.42 Å². The summed E-state index contributed by atoms with van der Waals surface area (Å²) in [6.45, 7) is 3.82. The maximum absolute atomic E-state index is 13.0. The summed E-state index contributed by atoms with van der Waals surface area (Å²) in [5.74, 6) is -0.171. The van der Waals surface area contributed by atoms with Crippen LogP contribution in [0.25, 0.3) is 0 Å². The zero-order valence-electron chi connectivity index (χ0n) is 14.3. The molecule has 0 unspecified atom stereocenters. The number of anilines is 1. The predicted octanol–water partition coefficient (Wildman–Crippen LogP) is 1.72. The van der Waals surface area contributed by atoms with Crippen LogP contribution in [0.1, 0.15) is 43.1 Å². The predicted molar refractivity (Wildman–Crippen MR) is 94.0 cm³/mol. The van der Waals surface area contributed by atoms with E-state index >= 15 is 0 Å². The van der Waals surface area contributed by atoms with E-state index in [1.807, 2.05) is 19.1 Å². The Hall–Kier alpha value is -1.63. The highest BCUT2D eigenvalue weighted by Crippen LogP contribution is 2.31. The number of rotatable bonds is 6. The number of hydrogen-bond acceptors (Lipinski definition) is 5. The minimum atomic E-state index is -3.13. The highest BCUT2D eigenvalue weighted by Gasteiger charge is 2.37. The van der Waals surface area contributed by atoms with E-state index in [0.717, 1.165) is 31.6 Å². The van der Waals surface area contributed by atoms with Crippen molar-refractivity contribution in [3.8, 4) is 0 Å². The van der Waals surface area contributed by atoms with Gasteiger partial charge >= 0.3 is 0 Å². The number of amides is 1. The molecule has 2 heterocycles. The van der Waals surface area contributed by atoms with E-state index in [1.165, 1.54) is 19.1 Å². The minimum Gasteiger partial charge on any atom is -0.371 e. The molecule has 0 radical (unpaired) electrons. The molecule has 132 valence electrons. The first-order chi connectivity index (χ1) is 11.3. The number of carbonyl (C=O) groups excluding carboxylic acids is 1. The monoisotopic (exact) mass is 351 g/mol. The number of nitrogens with zero attached hydrogens (tertiary/aromatic N) is 3. The minimum absolute atomic E-state index is 0.0128. The van der Waals surface area contributed by atoms with Gasteiger partial charge in [0.25, 0.3) is 5.91 Å². The van der Waals surface area contributed by atoms with Crippen molar-refractivity contribution >= 4 is 21.4 Å². The lowest BCUT2D eigenvalue weighted by Gasteiger charge is -2.29. The summed E-state index contributed by atoms with van der Waals surface area (Å²) >= 11 is 0. The van der Waals surface area contributed by atoms with E-state index in [-0.39, 0.29) is 23.7 Å². The summed E-state index contributed by atoms with van der Waals surface area (Å²) in [4.78, 5) is 21.2. The molecule has 1 aliphatic carbocycles. The summed E-state index contributed by atoms with van der Waals surface area (Å²) in [6, 6.07) is 3.59. The summed E-state index contributed by atoms with van der Waals surface area (Å²) in [7, 11) is -3.13. The quantitative estimate of drug-likeness (QED) is 0.780. The molecule has 1 saturated carbocycles. The van der Waals surface area contributed by atoms with Gasteiger partial charge in [-0.1, -0.05) is 0 Å². The number of pyridine rings is 1. The fourth-order valence-electron chi connectivity index (χ4n) is 3.44. The van der Waals surface area contributed by atoms with E-state index in [9.17, 15) is 13.2 Å². The molecule has 1 aromatic heterocycles. The maximum atomic E-state index is 13.0. The molecule has 7 heteroatoms. The zero-order valence-corrected chi connectivity index (χ0v) is 15.1. The number of sulfone groups is 1. The van der Waals surface area contributed by atoms with Crippen molar-refractivity contribution < 1.29 is 13.2 Å². The Morgan fingerprint density at radius 3 is 2.62 bits per heavy atom. The van der Waals surface area contributed by atoms with Gasteiger partial charge in [-0.15, -0.1) is 0 Å². The summed E-state index contributed by atoms with van der Waals surface area (Å²) in [6.07, 6.45) is 7.10. The Balaban J connectivity index is 1.81. The van der Waals surface area contributed by atoms with Crippen molar-refractivity contribution in [3.05, 3.63) is 24.0 Å². The molecule has 1 saturated heterocycles. The average molecular weight is 351 g/mol. The zero-order chi connectivity index (χ0) is 17.3. The van der Waals surface area contributed by atoms with Crippen LogP contribution in [-0.4, -0.2) is 61.4 Å². The molecule has 24 heavy (non-hydrogen) atoms. The molecule has 3 rings (SSSR count). The molecule has 2 fully saturated rings. The van der Waals surface area contributed by atoms with Crippen LogP contribution in [0.5, 0.6) is 0 Å². The summed E-state index contributed by atoms with van der Waals surface area (Å²) in [5.41, 5.74) is 1.43. The fourth-order valence-corrected chi connectivity index (χ4v) is 4.47. The van der Waals surface area contributed by atoms with Gasteiger partial charge in [-0.2, -0.15) is 0 Å². The molecule has 1 amide bonds. The fraction of sp³-hybridized carbons (Fsp3) is 0.647. The van der Waals surface area contributed by atoms with Crippen LogP contribution < -0.4 is 4.90 Å². The van der Waals surface area contributed by atoms with Crippen LogP contribution in [0.2, 0.25) is 0 Å². The Kier molecular flexibility index (Phi) is 4.80. The Labute approximate surface area is 143 Å². The van der Waals surface area contributed by atoms with Crippen molar-refractivity contribution in [1.82, 2.24) is 9.88 Å². The molecule has 0 N–H and O–H groups in total. The highest BCUT2D eigenvalue weighted by atomic mass is 32.2. The lowest BCUT2D eigenvalue weighted by molar-refractivity contribution is 0.0686. The van der Waals surface area contributed by atoms with Crippen molar-refractivity contribution in [2.24, 2.45) is 0 Å². The average Bonchev–Trinajstić information content (AvgIpc) is 3.17. The van der Waals surface area contributed by atoms with Crippen LogP contribution in [0.4, 0.5) is 5.69 Å². The lowest BCUT2D eigenvalue weighted by atomic mass is 10.2. The van der Waals surface area contributed by atoms with Gasteiger partial charge in [0.15, 0.2) is 0 Å². The molecule has 2 aliphatic rings. The van der Waals surface area contributed by atoms with Crippen molar-refractivity contribution in [1.29, 1.82) is 0 Å². The van der Waals surface area contributed by atoms with E-state index in [0.29, 0.717) is 5.69 Å². The van der Waals surface area contributed by atoms with E-state index in [1.54, 1.807) is 11.1 Å². The third kappa shape index (κ3) is 4.06. The van der Waals surface area contributed by atoms with E-state index in [2.05, 4.69) is 9.88 Å². The van der Waals surface area contributed by atoms with Gasteiger partial charge in [0.05, 0.1) is 5.75 Å². The van der Waals surface area contributed by atoms with Gasteiger partial charge in [0.1, 0.15) is 15.5 Å². The van der Waals surface area contributed by atoms with E-state index in [4.69, 9.17) is 0 Å². The van der Waals surface area contributed by atoms with Gasteiger partial charge in [0.2, 0.25) is 0 Å². The van der Waals surface area contributed by atoms with Crippen LogP contribution in [0.3, 0.4) is 0 Å². The number of carbonyl (C=O) groups is 1. The third-order valence-electron chi connectivity index (χ3n) is 4.63.